The van der Waals surface area contributed by atoms with Crippen molar-refractivity contribution in [3.63, 3.8) is 0 Å². The molecule has 0 spiro atoms. The first-order chi connectivity index (χ1) is 8.25. The van der Waals surface area contributed by atoms with Crippen LogP contribution in [0, 0.1) is 0 Å². The highest BCUT2D eigenvalue weighted by Crippen LogP contribution is 2.33. The fraction of sp³-hybridized carbons (Fsp3) is 0.417. The van der Waals surface area contributed by atoms with Gasteiger partial charge in [0.05, 0.1) is 11.1 Å². The molecule has 2 aromatic rings. The molecule has 5 nitrogen and oxygen atoms in total. The largest absolute Gasteiger partial charge is 0.478 e. The zero-order chi connectivity index (χ0) is 11.8. The molecule has 2 aromatic heterocycles. The van der Waals surface area contributed by atoms with Crippen LogP contribution in [0.1, 0.15) is 47.8 Å². The Labute approximate surface area is 97.9 Å². The second-order valence-electron chi connectivity index (χ2n) is 4.47. The molecule has 0 atom stereocenters. The van der Waals surface area contributed by atoms with Gasteiger partial charge in [0.1, 0.15) is 5.82 Å². The van der Waals surface area contributed by atoms with Crippen LogP contribution in [0.5, 0.6) is 0 Å². The smallest absolute Gasteiger partial charge is 0.338 e. The van der Waals surface area contributed by atoms with Crippen LogP contribution in [0.15, 0.2) is 12.3 Å². The molecule has 2 heterocycles. The van der Waals surface area contributed by atoms with E-state index in [1.165, 1.54) is 25.1 Å². The SMILES string of the molecule is O=C(O)c1ccnc2nc(C3CCCC3)[nH]c12. The van der Waals surface area contributed by atoms with Crippen molar-refractivity contribution in [3.8, 4) is 0 Å². The Kier molecular flexibility index (Phi) is 2.31. The van der Waals surface area contributed by atoms with Crippen LogP contribution in [0.3, 0.4) is 0 Å². The van der Waals surface area contributed by atoms with Gasteiger partial charge in [0.15, 0.2) is 5.65 Å². The van der Waals surface area contributed by atoms with Crippen LogP contribution in [-0.4, -0.2) is 26.0 Å². The molecular formula is C12H13N3O2. The Morgan fingerprint density at radius 2 is 2.18 bits per heavy atom. The van der Waals surface area contributed by atoms with E-state index in [1.54, 1.807) is 0 Å². The predicted octanol–water partition coefficient (Wildman–Crippen LogP) is 2.31. The van der Waals surface area contributed by atoms with Gasteiger partial charge in [-0.3, -0.25) is 0 Å². The first-order valence-electron chi connectivity index (χ1n) is 5.83. The average Bonchev–Trinajstić information content (AvgIpc) is 2.96. The molecule has 1 fully saturated rings. The first-order valence-corrected chi connectivity index (χ1v) is 5.83. The van der Waals surface area contributed by atoms with Crippen molar-refractivity contribution in [3.05, 3.63) is 23.7 Å². The molecule has 1 aliphatic rings. The van der Waals surface area contributed by atoms with Gasteiger partial charge < -0.3 is 10.1 Å². The number of carbonyl (C=O) groups is 1. The lowest BCUT2D eigenvalue weighted by molar-refractivity contribution is 0.0698. The number of imidazole rings is 1. The number of aromatic amines is 1. The number of fused-ring (bicyclic) bond motifs is 1. The lowest BCUT2D eigenvalue weighted by Crippen LogP contribution is -1.98. The predicted molar refractivity (Wildman–Crippen MR) is 62.1 cm³/mol. The van der Waals surface area contributed by atoms with Crippen LogP contribution in [0.4, 0.5) is 0 Å². The van der Waals surface area contributed by atoms with E-state index in [-0.39, 0.29) is 5.56 Å². The monoisotopic (exact) mass is 231 g/mol. The highest BCUT2D eigenvalue weighted by molar-refractivity contribution is 5.99. The lowest BCUT2D eigenvalue weighted by atomic mass is 10.1. The van der Waals surface area contributed by atoms with Crippen molar-refractivity contribution < 1.29 is 9.90 Å². The highest BCUT2D eigenvalue weighted by atomic mass is 16.4. The first kappa shape index (κ1) is 10.3. The molecule has 0 aromatic carbocycles. The van der Waals surface area contributed by atoms with Crippen molar-refractivity contribution in [2.24, 2.45) is 0 Å². The number of aromatic carboxylic acids is 1. The van der Waals surface area contributed by atoms with E-state index >= 15 is 0 Å². The highest BCUT2D eigenvalue weighted by Gasteiger charge is 2.22. The molecule has 1 aliphatic carbocycles. The number of nitrogens with zero attached hydrogens (tertiary/aromatic N) is 2. The Hall–Kier alpha value is -1.91. The fourth-order valence-corrected chi connectivity index (χ4v) is 2.50. The molecule has 0 saturated heterocycles. The average molecular weight is 231 g/mol. The molecule has 0 aliphatic heterocycles. The number of carboxylic acid groups (broad SMARTS) is 1. The fourth-order valence-electron chi connectivity index (χ4n) is 2.50. The van der Waals surface area contributed by atoms with Gasteiger partial charge in [0.2, 0.25) is 0 Å². The van der Waals surface area contributed by atoms with Gasteiger partial charge in [-0.05, 0) is 18.9 Å². The molecule has 0 amide bonds. The van der Waals surface area contributed by atoms with Gasteiger partial charge in [-0.15, -0.1) is 0 Å². The third kappa shape index (κ3) is 1.67. The van der Waals surface area contributed by atoms with E-state index in [2.05, 4.69) is 15.0 Å². The number of hydrogen-bond donors (Lipinski definition) is 2. The van der Waals surface area contributed by atoms with E-state index in [0.29, 0.717) is 17.1 Å². The maximum absolute atomic E-state index is 11.1. The molecule has 17 heavy (non-hydrogen) atoms. The summed E-state index contributed by atoms with van der Waals surface area (Å²) in [6.07, 6.45) is 6.19. The molecule has 3 rings (SSSR count). The van der Waals surface area contributed by atoms with Gasteiger partial charge in [-0.25, -0.2) is 14.8 Å². The summed E-state index contributed by atoms with van der Waals surface area (Å²) in [7, 11) is 0. The Balaban J connectivity index is 2.11. The van der Waals surface area contributed by atoms with Crippen LogP contribution in [0.2, 0.25) is 0 Å². The topological polar surface area (TPSA) is 78.9 Å². The van der Waals surface area contributed by atoms with E-state index < -0.39 is 5.97 Å². The summed E-state index contributed by atoms with van der Waals surface area (Å²) in [6.45, 7) is 0. The van der Waals surface area contributed by atoms with E-state index in [4.69, 9.17) is 5.11 Å². The van der Waals surface area contributed by atoms with E-state index in [1.807, 2.05) is 0 Å². The second kappa shape index (κ2) is 3.84. The molecule has 0 unspecified atom stereocenters. The summed E-state index contributed by atoms with van der Waals surface area (Å²) in [5, 5.41) is 9.08. The second-order valence-corrected chi connectivity index (χ2v) is 4.47. The van der Waals surface area contributed by atoms with E-state index in [0.717, 1.165) is 18.7 Å². The molecule has 1 saturated carbocycles. The van der Waals surface area contributed by atoms with Crippen LogP contribution in [0.25, 0.3) is 11.2 Å². The van der Waals surface area contributed by atoms with Crippen LogP contribution < -0.4 is 0 Å². The van der Waals surface area contributed by atoms with Crippen molar-refractivity contribution >= 4 is 17.1 Å². The van der Waals surface area contributed by atoms with Crippen LogP contribution >= 0.6 is 0 Å². The zero-order valence-electron chi connectivity index (χ0n) is 9.31. The van der Waals surface area contributed by atoms with Gasteiger partial charge in [-0.1, -0.05) is 12.8 Å². The van der Waals surface area contributed by atoms with Gasteiger partial charge in [0.25, 0.3) is 0 Å². The van der Waals surface area contributed by atoms with Crippen LogP contribution in [-0.2, 0) is 0 Å². The minimum atomic E-state index is -0.945. The summed E-state index contributed by atoms with van der Waals surface area (Å²) in [6, 6.07) is 1.50. The number of aromatic nitrogens is 3. The molecule has 0 bridgehead atoms. The van der Waals surface area contributed by atoms with Gasteiger partial charge >= 0.3 is 5.97 Å². The molecule has 5 heteroatoms. The van der Waals surface area contributed by atoms with Crippen molar-refractivity contribution in [1.29, 1.82) is 0 Å². The van der Waals surface area contributed by atoms with Gasteiger partial charge in [-0.2, -0.15) is 0 Å². The minimum absolute atomic E-state index is 0.242. The minimum Gasteiger partial charge on any atom is -0.478 e. The molecule has 2 N–H and O–H groups in total. The number of hydrogen-bond acceptors (Lipinski definition) is 3. The molecular weight excluding hydrogens is 218 g/mol. The Morgan fingerprint density at radius 3 is 2.88 bits per heavy atom. The number of pyridine rings is 1. The maximum atomic E-state index is 11.1. The third-order valence-corrected chi connectivity index (χ3v) is 3.38. The summed E-state index contributed by atoms with van der Waals surface area (Å²) in [5.41, 5.74) is 1.29. The van der Waals surface area contributed by atoms with Gasteiger partial charge in [0, 0.05) is 12.1 Å². The van der Waals surface area contributed by atoms with Crippen molar-refractivity contribution in [2.75, 3.05) is 0 Å². The van der Waals surface area contributed by atoms with E-state index in [9.17, 15) is 4.79 Å². The normalized spacial score (nSPS) is 16.7. The Morgan fingerprint density at radius 1 is 1.41 bits per heavy atom. The standard InChI is InChI=1S/C12H13N3O2/c16-12(17)8-5-6-13-11-9(8)14-10(15-11)7-3-1-2-4-7/h5-7H,1-4H2,(H,16,17)(H,13,14,15). The number of H-pyrrole nitrogens is 1. The summed E-state index contributed by atoms with van der Waals surface area (Å²) < 4.78 is 0. The van der Waals surface area contributed by atoms with Crippen molar-refractivity contribution in [2.45, 2.75) is 31.6 Å². The quantitative estimate of drug-likeness (QED) is 0.831. The number of nitrogens with one attached hydrogen (secondary N) is 1. The summed E-state index contributed by atoms with van der Waals surface area (Å²) in [4.78, 5) is 22.7. The summed E-state index contributed by atoms with van der Waals surface area (Å²) in [5.74, 6) is 0.378. The molecule has 88 valence electrons. The third-order valence-electron chi connectivity index (χ3n) is 3.38. The van der Waals surface area contributed by atoms with Crippen molar-refractivity contribution in [1.82, 2.24) is 15.0 Å². The summed E-state index contributed by atoms with van der Waals surface area (Å²) >= 11 is 0. The zero-order valence-corrected chi connectivity index (χ0v) is 9.31. The molecule has 0 radical (unpaired) electrons. The Bertz CT molecular complexity index is 570. The number of rotatable bonds is 2. The maximum Gasteiger partial charge on any atom is 0.338 e. The number of carboxylic acids is 1. The lowest BCUT2D eigenvalue weighted by Gasteiger charge is -2.02.